The highest BCUT2D eigenvalue weighted by atomic mass is 15.0. The Bertz CT molecular complexity index is 54.0. The molecule has 0 heterocycles. The summed E-state index contributed by atoms with van der Waals surface area (Å²) in [4.78, 5) is 0. The molecule has 0 aromatic rings. The molecule has 56 valence electrons. The van der Waals surface area contributed by atoms with Crippen LogP contribution in [0.2, 0.25) is 0 Å². The van der Waals surface area contributed by atoms with Crippen molar-refractivity contribution in [1.29, 1.82) is 0 Å². The predicted molar refractivity (Wildman–Crippen MR) is 38.7 cm³/mol. The summed E-state index contributed by atoms with van der Waals surface area (Å²) in [7, 11) is 0. The highest BCUT2D eigenvalue weighted by molar-refractivity contribution is 4.60. The van der Waals surface area contributed by atoms with Crippen LogP contribution in [0.15, 0.2) is 0 Å². The molecular weight excluding hydrogens is 116 g/mol. The average molecular weight is 132 g/mol. The van der Waals surface area contributed by atoms with Gasteiger partial charge in [0.25, 0.3) is 0 Å². The van der Waals surface area contributed by atoms with E-state index in [1.54, 1.807) is 0 Å². The molecule has 0 aliphatic heterocycles. The normalized spacial score (nSPS) is 14.3. The SMILES string of the molecule is CC(N)CNCC(N)N. The lowest BCUT2D eigenvalue weighted by molar-refractivity contribution is 0.556. The second kappa shape index (κ2) is 4.69. The summed E-state index contributed by atoms with van der Waals surface area (Å²) in [6.07, 6.45) is -0.274. The minimum atomic E-state index is -0.274. The van der Waals surface area contributed by atoms with Crippen LogP contribution in [-0.4, -0.2) is 25.3 Å². The quantitative estimate of drug-likeness (QED) is 0.339. The Morgan fingerprint density at radius 2 is 1.78 bits per heavy atom. The third-order valence-electron chi connectivity index (χ3n) is 0.846. The summed E-state index contributed by atoms with van der Waals surface area (Å²) in [5.41, 5.74) is 15.9. The van der Waals surface area contributed by atoms with Crippen molar-refractivity contribution >= 4 is 0 Å². The van der Waals surface area contributed by atoms with E-state index in [1.165, 1.54) is 0 Å². The van der Waals surface area contributed by atoms with Crippen LogP contribution in [0.1, 0.15) is 6.92 Å². The van der Waals surface area contributed by atoms with Crippen molar-refractivity contribution < 1.29 is 0 Å². The van der Waals surface area contributed by atoms with Crippen LogP contribution >= 0.6 is 0 Å². The minimum Gasteiger partial charge on any atom is -0.327 e. The molecule has 0 amide bonds. The van der Waals surface area contributed by atoms with Gasteiger partial charge in [-0.1, -0.05) is 0 Å². The van der Waals surface area contributed by atoms with E-state index in [9.17, 15) is 0 Å². The molecule has 4 heteroatoms. The molecule has 0 saturated heterocycles. The van der Waals surface area contributed by atoms with E-state index in [2.05, 4.69) is 5.32 Å². The first-order valence-electron chi connectivity index (χ1n) is 3.10. The van der Waals surface area contributed by atoms with Crippen molar-refractivity contribution in [2.75, 3.05) is 13.1 Å². The molecule has 0 aromatic heterocycles. The zero-order chi connectivity index (χ0) is 7.28. The van der Waals surface area contributed by atoms with Crippen molar-refractivity contribution in [2.24, 2.45) is 17.2 Å². The maximum atomic E-state index is 5.43. The van der Waals surface area contributed by atoms with Gasteiger partial charge in [-0.05, 0) is 6.92 Å². The van der Waals surface area contributed by atoms with E-state index in [1.807, 2.05) is 6.92 Å². The van der Waals surface area contributed by atoms with Crippen LogP contribution in [0.25, 0.3) is 0 Å². The minimum absolute atomic E-state index is 0.170. The van der Waals surface area contributed by atoms with E-state index in [0.717, 1.165) is 6.54 Å². The van der Waals surface area contributed by atoms with Gasteiger partial charge in [0.1, 0.15) is 0 Å². The topological polar surface area (TPSA) is 90.1 Å². The van der Waals surface area contributed by atoms with Gasteiger partial charge in [-0.2, -0.15) is 0 Å². The lowest BCUT2D eigenvalue weighted by Gasteiger charge is -2.08. The van der Waals surface area contributed by atoms with Crippen LogP contribution in [0.3, 0.4) is 0 Å². The first-order valence-corrected chi connectivity index (χ1v) is 3.10. The molecule has 0 aromatic carbocycles. The molecule has 7 N–H and O–H groups in total. The fourth-order valence-corrected chi connectivity index (χ4v) is 0.478. The van der Waals surface area contributed by atoms with Gasteiger partial charge < -0.3 is 22.5 Å². The van der Waals surface area contributed by atoms with E-state index in [0.29, 0.717) is 6.54 Å². The molecule has 9 heavy (non-hydrogen) atoms. The van der Waals surface area contributed by atoms with Gasteiger partial charge in [0.2, 0.25) is 0 Å². The summed E-state index contributed by atoms with van der Waals surface area (Å²) in [5, 5.41) is 3.01. The largest absolute Gasteiger partial charge is 0.327 e. The summed E-state index contributed by atoms with van der Waals surface area (Å²) < 4.78 is 0. The predicted octanol–water partition coefficient (Wildman–Crippen LogP) is -1.83. The first kappa shape index (κ1) is 8.84. The lowest BCUT2D eigenvalue weighted by Crippen LogP contribution is -2.43. The van der Waals surface area contributed by atoms with E-state index >= 15 is 0 Å². The second-order valence-corrected chi connectivity index (χ2v) is 2.30. The number of nitrogens with one attached hydrogen (secondary N) is 1. The van der Waals surface area contributed by atoms with E-state index in [4.69, 9.17) is 17.2 Å². The first-order chi connectivity index (χ1) is 4.13. The van der Waals surface area contributed by atoms with Gasteiger partial charge in [0, 0.05) is 19.1 Å². The fraction of sp³-hybridized carbons (Fsp3) is 1.00. The van der Waals surface area contributed by atoms with Crippen molar-refractivity contribution in [2.45, 2.75) is 19.1 Å². The molecular formula is C5H16N4. The highest BCUT2D eigenvalue weighted by Crippen LogP contribution is 1.68. The monoisotopic (exact) mass is 132 g/mol. The smallest absolute Gasteiger partial charge is 0.0649 e. The highest BCUT2D eigenvalue weighted by Gasteiger charge is 1.94. The van der Waals surface area contributed by atoms with Crippen molar-refractivity contribution in [1.82, 2.24) is 5.32 Å². The molecule has 0 fully saturated rings. The maximum Gasteiger partial charge on any atom is 0.0649 e. The number of rotatable bonds is 4. The van der Waals surface area contributed by atoms with Gasteiger partial charge in [-0.25, -0.2) is 0 Å². The molecule has 0 spiro atoms. The molecule has 0 aliphatic rings. The fourth-order valence-electron chi connectivity index (χ4n) is 0.478. The van der Waals surface area contributed by atoms with Gasteiger partial charge in [-0.3, -0.25) is 0 Å². The van der Waals surface area contributed by atoms with Gasteiger partial charge in [0.05, 0.1) is 6.17 Å². The van der Waals surface area contributed by atoms with Crippen LogP contribution < -0.4 is 22.5 Å². The molecule has 4 nitrogen and oxygen atoms in total. The van der Waals surface area contributed by atoms with Crippen LogP contribution in [0.4, 0.5) is 0 Å². The molecule has 0 radical (unpaired) electrons. The Morgan fingerprint density at radius 1 is 1.22 bits per heavy atom. The van der Waals surface area contributed by atoms with Crippen molar-refractivity contribution in [3.8, 4) is 0 Å². The third kappa shape index (κ3) is 7.84. The molecule has 0 bridgehead atoms. The van der Waals surface area contributed by atoms with Crippen molar-refractivity contribution in [3.63, 3.8) is 0 Å². The number of hydrogen-bond acceptors (Lipinski definition) is 4. The van der Waals surface area contributed by atoms with Crippen LogP contribution in [0, 0.1) is 0 Å². The molecule has 1 unspecified atom stereocenters. The standard InChI is InChI=1S/C5H16N4/c1-4(6)2-9-3-5(7)8/h4-5,9H,2-3,6-8H2,1H3. The van der Waals surface area contributed by atoms with E-state index in [-0.39, 0.29) is 12.2 Å². The average Bonchev–Trinajstić information content (AvgIpc) is 1.63. The molecule has 0 saturated carbocycles. The Hall–Kier alpha value is -0.160. The van der Waals surface area contributed by atoms with Crippen LogP contribution in [0.5, 0.6) is 0 Å². The lowest BCUT2D eigenvalue weighted by atomic mass is 10.3. The summed E-state index contributed by atoms with van der Waals surface area (Å²) >= 11 is 0. The summed E-state index contributed by atoms with van der Waals surface area (Å²) in [5.74, 6) is 0. The second-order valence-electron chi connectivity index (χ2n) is 2.30. The molecule has 0 rings (SSSR count). The molecule has 1 atom stereocenters. The Balaban J connectivity index is 2.91. The third-order valence-corrected chi connectivity index (χ3v) is 0.846. The van der Waals surface area contributed by atoms with E-state index < -0.39 is 0 Å². The maximum absolute atomic E-state index is 5.43. The van der Waals surface area contributed by atoms with Gasteiger partial charge >= 0.3 is 0 Å². The van der Waals surface area contributed by atoms with Gasteiger partial charge in [0.15, 0.2) is 0 Å². The summed E-state index contributed by atoms with van der Waals surface area (Å²) in [6, 6.07) is 0.170. The zero-order valence-corrected chi connectivity index (χ0v) is 5.80. The summed E-state index contributed by atoms with van der Waals surface area (Å²) in [6.45, 7) is 3.32. The van der Waals surface area contributed by atoms with Crippen LogP contribution in [-0.2, 0) is 0 Å². The molecule has 0 aliphatic carbocycles. The zero-order valence-electron chi connectivity index (χ0n) is 5.80. The number of nitrogens with two attached hydrogens (primary N) is 3. The Morgan fingerprint density at radius 3 is 2.11 bits per heavy atom. The van der Waals surface area contributed by atoms with Gasteiger partial charge in [-0.15, -0.1) is 0 Å². The Kier molecular flexibility index (Phi) is 4.61. The number of hydrogen-bond donors (Lipinski definition) is 4. The Labute approximate surface area is 55.8 Å². The van der Waals surface area contributed by atoms with Crippen molar-refractivity contribution in [3.05, 3.63) is 0 Å².